The Bertz CT molecular complexity index is 764. The normalized spacial score (nSPS) is 27.6. The maximum atomic E-state index is 14.5. The molecule has 5 nitrogen and oxygen atoms in total. The first kappa shape index (κ1) is 17.1. The van der Waals surface area contributed by atoms with E-state index in [0.29, 0.717) is 24.8 Å². The predicted molar refractivity (Wildman–Crippen MR) is 102 cm³/mol. The lowest BCUT2D eigenvalue weighted by Crippen LogP contribution is -2.36. The van der Waals surface area contributed by atoms with Gasteiger partial charge in [-0.25, -0.2) is 4.39 Å². The Balaban J connectivity index is 1.11. The number of ether oxygens (including phenoxy) is 1. The molecule has 144 valence electrons. The molecule has 27 heavy (non-hydrogen) atoms. The van der Waals surface area contributed by atoms with Crippen LogP contribution in [0.4, 0.5) is 15.8 Å². The average molecular weight is 371 g/mol. The van der Waals surface area contributed by atoms with E-state index in [1.165, 1.54) is 5.56 Å². The smallest absolute Gasteiger partial charge is 0.148 e. The van der Waals surface area contributed by atoms with Crippen LogP contribution in [0, 0.1) is 23.6 Å². The zero-order valence-electron chi connectivity index (χ0n) is 15.4. The third kappa shape index (κ3) is 3.56. The lowest BCUT2D eigenvalue weighted by atomic mass is 10.2. The molecular weight excluding hydrogens is 345 g/mol. The minimum absolute atomic E-state index is 0.149. The molecular formula is C21H26FN3O2. The number of benzene rings is 1. The van der Waals surface area contributed by atoms with Crippen LogP contribution < -0.4 is 10.2 Å². The number of morpholine rings is 1. The van der Waals surface area contributed by atoms with E-state index in [-0.39, 0.29) is 5.82 Å². The van der Waals surface area contributed by atoms with E-state index in [4.69, 9.17) is 9.15 Å². The van der Waals surface area contributed by atoms with Crippen LogP contribution >= 0.6 is 0 Å². The van der Waals surface area contributed by atoms with Crippen LogP contribution in [0.25, 0.3) is 0 Å². The number of hydrogen-bond acceptors (Lipinski definition) is 5. The molecule has 0 radical (unpaired) electrons. The molecule has 1 aliphatic carbocycles. The number of anilines is 2. The monoisotopic (exact) mass is 371 g/mol. The Morgan fingerprint density at radius 1 is 1.11 bits per heavy atom. The van der Waals surface area contributed by atoms with Crippen LogP contribution in [0.1, 0.15) is 5.56 Å². The molecule has 2 unspecified atom stereocenters. The number of furan rings is 1. The Kier molecular flexibility index (Phi) is 4.53. The Morgan fingerprint density at radius 2 is 1.93 bits per heavy atom. The van der Waals surface area contributed by atoms with Gasteiger partial charge in [-0.1, -0.05) is 0 Å². The second kappa shape index (κ2) is 7.17. The first-order chi connectivity index (χ1) is 13.3. The van der Waals surface area contributed by atoms with E-state index >= 15 is 0 Å². The number of nitrogens with zero attached hydrogens (tertiary/aromatic N) is 2. The Labute approximate surface area is 159 Å². The third-order valence-electron chi connectivity index (χ3n) is 6.27. The number of nitrogens with one attached hydrogen (secondary N) is 1. The van der Waals surface area contributed by atoms with E-state index in [1.807, 2.05) is 24.5 Å². The summed E-state index contributed by atoms with van der Waals surface area (Å²) >= 11 is 0. The first-order valence-electron chi connectivity index (χ1n) is 9.87. The second-order valence-corrected chi connectivity index (χ2v) is 7.96. The molecule has 3 fully saturated rings. The van der Waals surface area contributed by atoms with Crippen molar-refractivity contribution in [3.05, 3.63) is 48.2 Å². The van der Waals surface area contributed by atoms with Gasteiger partial charge in [0.05, 0.1) is 31.4 Å². The molecule has 0 amide bonds. The van der Waals surface area contributed by atoms with Gasteiger partial charge >= 0.3 is 0 Å². The zero-order chi connectivity index (χ0) is 18.2. The molecule has 1 N–H and O–H groups in total. The predicted octanol–water partition coefficient (Wildman–Crippen LogP) is 3.05. The maximum Gasteiger partial charge on any atom is 0.148 e. The molecule has 1 aromatic heterocycles. The fourth-order valence-corrected chi connectivity index (χ4v) is 4.72. The van der Waals surface area contributed by atoms with Gasteiger partial charge in [0, 0.05) is 50.5 Å². The largest absolute Gasteiger partial charge is 0.472 e. The number of rotatable bonds is 6. The highest BCUT2D eigenvalue weighted by molar-refractivity contribution is 5.56. The van der Waals surface area contributed by atoms with E-state index < -0.39 is 0 Å². The number of halogens is 1. The molecule has 0 spiro atoms. The summed E-state index contributed by atoms with van der Waals surface area (Å²) in [5.74, 6) is 2.13. The van der Waals surface area contributed by atoms with Gasteiger partial charge in [0.15, 0.2) is 0 Å². The zero-order valence-corrected chi connectivity index (χ0v) is 15.4. The van der Waals surface area contributed by atoms with Gasteiger partial charge < -0.3 is 19.4 Å². The Hall–Kier alpha value is -2.05. The minimum atomic E-state index is -0.149. The summed E-state index contributed by atoms with van der Waals surface area (Å²) in [6.45, 7) is 7.08. The molecule has 5 rings (SSSR count). The molecule has 0 bridgehead atoms. The van der Waals surface area contributed by atoms with Gasteiger partial charge in [-0.3, -0.25) is 4.90 Å². The molecule has 6 heteroatoms. The number of likely N-dealkylation sites (tertiary alicyclic amines) is 1. The summed E-state index contributed by atoms with van der Waals surface area (Å²) in [5.41, 5.74) is 2.81. The molecule has 2 atom stereocenters. The van der Waals surface area contributed by atoms with Crippen LogP contribution in [-0.4, -0.2) is 50.8 Å². The van der Waals surface area contributed by atoms with Crippen molar-refractivity contribution in [2.24, 2.45) is 17.8 Å². The lowest BCUT2D eigenvalue weighted by molar-refractivity contribution is 0.122. The standard InChI is InChI=1S/C21H26FN3O2/c22-20-9-16(1-2-21(20)25-4-7-26-8-5-25)23-10-17-18-12-24(13-19(17)18)11-15-3-6-27-14-15/h1-3,6,9,14,17-19,23H,4-5,7-8,10-13H2. The fraction of sp³-hybridized carbons (Fsp3) is 0.524. The van der Waals surface area contributed by atoms with Gasteiger partial charge in [0.25, 0.3) is 0 Å². The fourth-order valence-electron chi connectivity index (χ4n) is 4.72. The van der Waals surface area contributed by atoms with Crippen LogP contribution in [0.15, 0.2) is 41.2 Å². The number of piperidine rings is 1. The molecule has 2 aromatic rings. The topological polar surface area (TPSA) is 40.9 Å². The Morgan fingerprint density at radius 3 is 2.63 bits per heavy atom. The molecule has 1 saturated carbocycles. The molecule has 1 aromatic carbocycles. The number of fused-ring (bicyclic) bond motifs is 1. The maximum absolute atomic E-state index is 14.5. The quantitative estimate of drug-likeness (QED) is 0.845. The van der Waals surface area contributed by atoms with Gasteiger partial charge in [-0.15, -0.1) is 0 Å². The van der Waals surface area contributed by atoms with E-state index in [2.05, 4.69) is 15.1 Å². The molecule has 2 saturated heterocycles. The van der Waals surface area contributed by atoms with Crippen LogP contribution in [0.2, 0.25) is 0 Å². The van der Waals surface area contributed by atoms with Crippen molar-refractivity contribution in [3.63, 3.8) is 0 Å². The van der Waals surface area contributed by atoms with Crippen molar-refractivity contribution < 1.29 is 13.5 Å². The van der Waals surface area contributed by atoms with Crippen molar-refractivity contribution in [1.29, 1.82) is 0 Å². The minimum Gasteiger partial charge on any atom is -0.472 e. The van der Waals surface area contributed by atoms with Gasteiger partial charge in [-0.05, 0) is 42.0 Å². The highest BCUT2D eigenvalue weighted by atomic mass is 19.1. The van der Waals surface area contributed by atoms with Crippen LogP contribution in [0.3, 0.4) is 0 Å². The van der Waals surface area contributed by atoms with Crippen molar-refractivity contribution in [1.82, 2.24) is 4.90 Å². The third-order valence-corrected chi connectivity index (χ3v) is 6.27. The van der Waals surface area contributed by atoms with E-state index in [1.54, 1.807) is 12.3 Å². The highest BCUT2D eigenvalue weighted by Gasteiger charge is 2.54. The first-order valence-corrected chi connectivity index (χ1v) is 9.87. The summed E-state index contributed by atoms with van der Waals surface area (Å²) in [6, 6.07) is 7.56. The summed E-state index contributed by atoms with van der Waals surface area (Å²) in [7, 11) is 0. The number of hydrogen-bond donors (Lipinski definition) is 1. The molecule has 2 aliphatic heterocycles. The highest BCUT2D eigenvalue weighted by Crippen LogP contribution is 2.51. The van der Waals surface area contributed by atoms with Gasteiger partial charge in [0.1, 0.15) is 5.82 Å². The second-order valence-electron chi connectivity index (χ2n) is 7.96. The average Bonchev–Trinajstić information content (AvgIpc) is 3.07. The van der Waals surface area contributed by atoms with E-state index in [9.17, 15) is 4.39 Å². The summed E-state index contributed by atoms with van der Waals surface area (Å²) < 4.78 is 25.0. The molecule has 3 heterocycles. The van der Waals surface area contributed by atoms with Crippen molar-refractivity contribution in [2.45, 2.75) is 6.54 Å². The summed E-state index contributed by atoms with van der Waals surface area (Å²) in [4.78, 5) is 4.57. The van der Waals surface area contributed by atoms with Gasteiger partial charge in [0.2, 0.25) is 0 Å². The summed E-state index contributed by atoms with van der Waals surface area (Å²) in [5, 5.41) is 3.45. The van der Waals surface area contributed by atoms with Crippen molar-refractivity contribution in [3.8, 4) is 0 Å². The summed E-state index contributed by atoms with van der Waals surface area (Å²) in [6.07, 6.45) is 3.57. The van der Waals surface area contributed by atoms with Crippen molar-refractivity contribution in [2.75, 3.05) is 56.2 Å². The van der Waals surface area contributed by atoms with Crippen molar-refractivity contribution >= 4 is 11.4 Å². The van der Waals surface area contributed by atoms with Gasteiger partial charge in [-0.2, -0.15) is 0 Å². The van der Waals surface area contributed by atoms with E-state index in [0.717, 1.165) is 56.8 Å². The lowest BCUT2D eigenvalue weighted by Gasteiger charge is -2.29. The molecule has 3 aliphatic rings. The van der Waals surface area contributed by atoms with Crippen LogP contribution in [0.5, 0.6) is 0 Å². The van der Waals surface area contributed by atoms with Crippen LogP contribution in [-0.2, 0) is 11.3 Å². The SMILES string of the molecule is Fc1cc(NCC2C3CN(Cc4ccoc4)CC23)ccc1N1CCOCC1.